The lowest BCUT2D eigenvalue weighted by Crippen LogP contribution is -2.58. The van der Waals surface area contributed by atoms with Crippen molar-refractivity contribution in [3.63, 3.8) is 0 Å². The Hall–Kier alpha value is -4.33. The quantitative estimate of drug-likeness (QED) is 0.452. The van der Waals surface area contributed by atoms with E-state index < -0.39 is 17.4 Å². The van der Waals surface area contributed by atoms with Crippen LogP contribution >= 0.6 is 0 Å². The van der Waals surface area contributed by atoms with Crippen LogP contribution in [0.25, 0.3) is 0 Å². The molecule has 0 saturated carbocycles. The molecule has 2 N–H and O–H groups in total. The fourth-order valence-corrected chi connectivity index (χ4v) is 5.02. The zero-order valence-corrected chi connectivity index (χ0v) is 21.2. The highest BCUT2D eigenvalue weighted by Crippen LogP contribution is 2.38. The maximum atomic E-state index is 14.4. The number of hydrogen-bond donors (Lipinski definition) is 1. The van der Waals surface area contributed by atoms with E-state index in [4.69, 9.17) is 20.0 Å². The van der Waals surface area contributed by atoms with Crippen molar-refractivity contribution in [2.24, 2.45) is 10.9 Å². The lowest BCUT2D eigenvalue weighted by Gasteiger charge is -2.37. The Balaban J connectivity index is 1.82. The fourth-order valence-electron chi connectivity index (χ4n) is 5.02. The molecule has 0 radical (unpaired) electrons. The van der Waals surface area contributed by atoms with Crippen LogP contribution in [0, 0.1) is 0 Å². The lowest BCUT2D eigenvalue weighted by atomic mass is 9.84. The van der Waals surface area contributed by atoms with Crippen molar-refractivity contribution in [2.45, 2.75) is 24.3 Å². The van der Waals surface area contributed by atoms with Gasteiger partial charge < -0.3 is 24.9 Å². The van der Waals surface area contributed by atoms with Crippen molar-refractivity contribution in [3.8, 4) is 11.5 Å². The Kier molecular flexibility index (Phi) is 7.77. The zero-order chi connectivity index (χ0) is 26.4. The van der Waals surface area contributed by atoms with Crippen molar-refractivity contribution in [1.29, 1.82) is 0 Å². The van der Waals surface area contributed by atoms with Crippen molar-refractivity contribution < 1.29 is 23.9 Å². The number of nitrogens with two attached hydrogens (primary N) is 1. The molecule has 1 unspecified atom stereocenters. The molecule has 0 bridgehead atoms. The molecule has 0 aromatic heterocycles. The summed E-state index contributed by atoms with van der Waals surface area (Å²) in [5, 5.41) is 4.11. The molecule has 1 aliphatic rings. The third-order valence-corrected chi connectivity index (χ3v) is 6.76. The Morgan fingerprint density at radius 3 is 2.03 bits per heavy atom. The predicted molar refractivity (Wildman–Crippen MR) is 141 cm³/mol. The molecular formula is C29H31N3O5. The van der Waals surface area contributed by atoms with E-state index in [-0.39, 0.29) is 25.3 Å². The largest absolute Gasteiger partial charge is 0.493 e. The van der Waals surface area contributed by atoms with E-state index in [1.165, 1.54) is 7.11 Å². The highest BCUT2D eigenvalue weighted by molar-refractivity contribution is 6.05. The van der Waals surface area contributed by atoms with E-state index in [1.807, 2.05) is 66.7 Å². The number of methoxy groups -OCH3 is 2. The third kappa shape index (κ3) is 5.14. The average Bonchev–Trinajstić information content (AvgIpc) is 3.29. The summed E-state index contributed by atoms with van der Waals surface area (Å²) >= 11 is 0. The minimum absolute atomic E-state index is 0.124. The normalized spacial score (nSPS) is 18.2. The molecule has 8 heteroatoms. The number of benzene rings is 3. The van der Waals surface area contributed by atoms with Gasteiger partial charge in [0, 0.05) is 12.8 Å². The van der Waals surface area contributed by atoms with Gasteiger partial charge in [-0.2, -0.15) is 0 Å². The standard InChI is InChI=1S/C29H31N3O5/c1-35-24-15-14-20(16-25(24)36-2)17-29(28(30)34)18-23(31-37-3)19-32(29)27(33)26(21-10-6-4-7-11-21)22-12-8-5-9-13-22/h4-16,26H,17-19H2,1-3H3,(H2,30,34). The molecule has 3 aromatic rings. The van der Waals surface area contributed by atoms with Gasteiger partial charge in [-0.3, -0.25) is 9.59 Å². The summed E-state index contributed by atoms with van der Waals surface area (Å²) in [4.78, 5) is 34.2. The van der Waals surface area contributed by atoms with Crippen molar-refractivity contribution in [2.75, 3.05) is 27.9 Å². The van der Waals surface area contributed by atoms with Crippen molar-refractivity contribution >= 4 is 17.5 Å². The number of likely N-dealkylation sites (tertiary alicyclic amines) is 1. The first-order valence-corrected chi connectivity index (χ1v) is 11.9. The van der Waals surface area contributed by atoms with Gasteiger partial charge in [-0.15, -0.1) is 0 Å². The zero-order valence-electron chi connectivity index (χ0n) is 21.2. The topological polar surface area (TPSA) is 103 Å². The maximum absolute atomic E-state index is 14.4. The van der Waals surface area contributed by atoms with Gasteiger partial charge in [-0.25, -0.2) is 0 Å². The van der Waals surface area contributed by atoms with Gasteiger partial charge in [-0.05, 0) is 28.8 Å². The number of hydrogen-bond acceptors (Lipinski definition) is 6. The summed E-state index contributed by atoms with van der Waals surface area (Å²) in [6.07, 6.45) is 0.333. The van der Waals surface area contributed by atoms with E-state index in [1.54, 1.807) is 31.3 Å². The molecule has 4 rings (SSSR count). The van der Waals surface area contributed by atoms with Crippen LogP contribution in [0.5, 0.6) is 11.5 Å². The number of ether oxygens (including phenoxy) is 2. The molecule has 192 valence electrons. The van der Waals surface area contributed by atoms with Crippen LogP contribution in [0.1, 0.15) is 29.0 Å². The number of amides is 2. The molecule has 1 atom stereocenters. The minimum Gasteiger partial charge on any atom is -0.493 e. The van der Waals surface area contributed by atoms with E-state index in [0.29, 0.717) is 17.2 Å². The number of primary amides is 1. The van der Waals surface area contributed by atoms with Crippen LogP contribution in [-0.4, -0.2) is 55.8 Å². The molecular weight excluding hydrogens is 470 g/mol. The van der Waals surface area contributed by atoms with E-state index in [9.17, 15) is 9.59 Å². The van der Waals surface area contributed by atoms with E-state index in [2.05, 4.69) is 5.16 Å². The number of carbonyl (C=O) groups excluding carboxylic acids is 2. The van der Waals surface area contributed by atoms with Crippen LogP contribution in [0.15, 0.2) is 84.0 Å². The molecule has 37 heavy (non-hydrogen) atoms. The van der Waals surface area contributed by atoms with Gasteiger partial charge in [0.05, 0.1) is 32.4 Å². The van der Waals surface area contributed by atoms with Gasteiger partial charge in [0.1, 0.15) is 12.6 Å². The van der Waals surface area contributed by atoms with Crippen LogP contribution in [0.3, 0.4) is 0 Å². The molecule has 3 aromatic carbocycles. The summed E-state index contributed by atoms with van der Waals surface area (Å²) in [6, 6.07) is 24.4. The number of carbonyl (C=O) groups is 2. The van der Waals surface area contributed by atoms with Gasteiger partial charge in [0.25, 0.3) is 0 Å². The highest BCUT2D eigenvalue weighted by atomic mass is 16.6. The molecule has 0 aliphatic carbocycles. The highest BCUT2D eigenvalue weighted by Gasteiger charge is 2.53. The molecule has 0 spiro atoms. The molecule has 1 fully saturated rings. The van der Waals surface area contributed by atoms with Crippen LogP contribution < -0.4 is 15.2 Å². The first-order chi connectivity index (χ1) is 17.9. The van der Waals surface area contributed by atoms with Crippen LogP contribution in [-0.2, 0) is 20.8 Å². The van der Waals surface area contributed by atoms with Gasteiger partial charge >= 0.3 is 0 Å². The molecule has 1 aliphatic heterocycles. The number of nitrogens with zero attached hydrogens (tertiary/aromatic N) is 2. The fraction of sp³-hybridized carbons (Fsp3) is 0.276. The second-order valence-corrected chi connectivity index (χ2v) is 8.96. The Morgan fingerprint density at radius 1 is 0.919 bits per heavy atom. The molecule has 1 heterocycles. The summed E-state index contributed by atoms with van der Waals surface area (Å²) in [5.74, 6) is -0.399. The summed E-state index contributed by atoms with van der Waals surface area (Å²) in [6.45, 7) is 0.124. The summed E-state index contributed by atoms with van der Waals surface area (Å²) < 4.78 is 10.8. The second kappa shape index (κ2) is 11.2. The van der Waals surface area contributed by atoms with Crippen LogP contribution in [0.2, 0.25) is 0 Å². The van der Waals surface area contributed by atoms with E-state index >= 15 is 0 Å². The molecule has 2 amide bonds. The van der Waals surface area contributed by atoms with E-state index in [0.717, 1.165) is 16.7 Å². The Labute approximate surface area is 216 Å². The third-order valence-electron chi connectivity index (χ3n) is 6.76. The van der Waals surface area contributed by atoms with Crippen LogP contribution in [0.4, 0.5) is 0 Å². The number of oxime groups is 1. The smallest absolute Gasteiger partial charge is 0.244 e. The molecule has 1 saturated heterocycles. The monoisotopic (exact) mass is 501 g/mol. The van der Waals surface area contributed by atoms with Gasteiger partial charge in [0.15, 0.2) is 11.5 Å². The predicted octanol–water partition coefficient (Wildman–Crippen LogP) is 3.54. The second-order valence-electron chi connectivity index (χ2n) is 8.96. The maximum Gasteiger partial charge on any atom is 0.244 e. The van der Waals surface area contributed by atoms with Crippen molar-refractivity contribution in [1.82, 2.24) is 4.90 Å². The van der Waals surface area contributed by atoms with Crippen molar-refractivity contribution in [3.05, 3.63) is 95.6 Å². The number of rotatable bonds is 9. The first kappa shape index (κ1) is 25.8. The first-order valence-electron chi connectivity index (χ1n) is 11.9. The lowest BCUT2D eigenvalue weighted by molar-refractivity contribution is -0.144. The van der Waals surface area contributed by atoms with Gasteiger partial charge in [0.2, 0.25) is 11.8 Å². The molecule has 8 nitrogen and oxygen atoms in total. The minimum atomic E-state index is -1.35. The summed E-state index contributed by atoms with van der Waals surface area (Å²) in [5.41, 5.74) is 7.71. The Bertz CT molecular complexity index is 1240. The average molecular weight is 502 g/mol. The Morgan fingerprint density at radius 2 is 1.51 bits per heavy atom. The SMILES string of the molecule is CON=C1CN(C(=O)C(c2ccccc2)c2ccccc2)C(Cc2ccc(OC)c(OC)c2)(C(N)=O)C1. The summed E-state index contributed by atoms with van der Waals surface area (Å²) in [7, 11) is 4.54. The van der Waals surface area contributed by atoms with Gasteiger partial charge in [-0.1, -0.05) is 71.9 Å².